The second-order valence-electron chi connectivity index (χ2n) is 4.94. The zero-order valence-corrected chi connectivity index (χ0v) is 14.2. The van der Waals surface area contributed by atoms with Crippen LogP contribution in [0.1, 0.15) is 32.7 Å². The van der Waals surface area contributed by atoms with Crippen LogP contribution in [-0.2, 0) is 0 Å². The van der Waals surface area contributed by atoms with E-state index in [1.54, 1.807) is 12.1 Å². The van der Waals surface area contributed by atoms with Gasteiger partial charge in [-0.3, -0.25) is 14.3 Å². The van der Waals surface area contributed by atoms with Gasteiger partial charge in [0.25, 0.3) is 5.56 Å². The Morgan fingerprint density at radius 3 is 2.71 bits per heavy atom. The van der Waals surface area contributed by atoms with Crippen LogP contribution in [0.25, 0.3) is 11.1 Å². The van der Waals surface area contributed by atoms with E-state index in [0.29, 0.717) is 11.1 Å². The van der Waals surface area contributed by atoms with Crippen LogP contribution in [0.4, 0.5) is 0 Å². The van der Waals surface area contributed by atoms with Gasteiger partial charge < -0.3 is 0 Å². The first-order valence-electron chi connectivity index (χ1n) is 6.76. The third-order valence-electron chi connectivity index (χ3n) is 3.35. The number of aromatic amines is 1. The Morgan fingerprint density at radius 1 is 1.38 bits per heavy atom. The van der Waals surface area contributed by atoms with Crippen molar-refractivity contribution in [2.75, 3.05) is 0 Å². The molecule has 112 valence electrons. The fraction of sp³-hybridized carbons (Fsp3) is 0.333. The van der Waals surface area contributed by atoms with Crippen LogP contribution in [0.5, 0.6) is 0 Å². The molecule has 1 aromatic carbocycles. The van der Waals surface area contributed by atoms with Crippen molar-refractivity contribution in [2.45, 2.75) is 32.7 Å². The highest BCUT2D eigenvalue weighted by Gasteiger charge is 2.18. The molecule has 21 heavy (non-hydrogen) atoms. The normalized spacial score (nSPS) is 12.4. The summed E-state index contributed by atoms with van der Waals surface area (Å²) in [6.07, 6.45) is 1.64. The minimum Gasteiger partial charge on any atom is -0.297 e. The van der Waals surface area contributed by atoms with E-state index in [4.69, 9.17) is 11.6 Å². The minimum atomic E-state index is -0.468. The molecular weight excluding hydrogens is 356 g/mol. The molecule has 0 saturated heterocycles. The van der Waals surface area contributed by atoms with E-state index in [0.717, 1.165) is 17.3 Å². The van der Waals surface area contributed by atoms with Crippen molar-refractivity contribution in [3.63, 3.8) is 0 Å². The van der Waals surface area contributed by atoms with Crippen LogP contribution < -0.4 is 11.2 Å². The molecular formula is C15H16BrClN2O2. The van der Waals surface area contributed by atoms with Gasteiger partial charge in [0.1, 0.15) is 5.15 Å². The lowest BCUT2D eigenvalue weighted by molar-refractivity contribution is 0.466. The van der Waals surface area contributed by atoms with Crippen LogP contribution in [0.2, 0.25) is 5.15 Å². The summed E-state index contributed by atoms with van der Waals surface area (Å²) in [7, 11) is 0. The fourth-order valence-corrected chi connectivity index (χ4v) is 3.03. The molecule has 0 spiro atoms. The Balaban J connectivity index is 2.71. The lowest BCUT2D eigenvalue weighted by Crippen LogP contribution is -2.38. The lowest BCUT2D eigenvalue weighted by Gasteiger charge is -2.15. The zero-order valence-electron chi connectivity index (χ0n) is 11.8. The number of halogens is 2. The van der Waals surface area contributed by atoms with Gasteiger partial charge in [0, 0.05) is 10.5 Å². The molecule has 0 aliphatic carbocycles. The van der Waals surface area contributed by atoms with Gasteiger partial charge in [-0.2, -0.15) is 0 Å². The quantitative estimate of drug-likeness (QED) is 0.827. The molecule has 1 heterocycles. The van der Waals surface area contributed by atoms with Crippen LogP contribution in [-0.4, -0.2) is 9.55 Å². The molecule has 6 heteroatoms. The Bertz CT molecular complexity index is 767. The summed E-state index contributed by atoms with van der Waals surface area (Å²) in [4.78, 5) is 27.3. The van der Waals surface area contributed by atoms with Crippen molar-refractivity contribution in [3.05, 3.63) is 54.7 Å². The van der Waals surface area contributed by atoms with E-state index in [1.807, 2.05) is 26.0 Å². The molecule has 0 radical (unpaired) electrons. The Morgan fingerprint density at radius 2 is 2.10 bits per heavy atom. The number of H-pyrrole nitrogens is 1. The minimum absolute atomic E-state index is 0.0723. The summed E-state index contributed by atoms with van der Waals surface area (Å²) in [6.45, 7) is 3.87. The predicted molar refractivity (Wildman–Crippen MR) is 89.1 cm³/mol. The van der Waals surface area contributed by atoms with E-state index >= 15 is 0 Å². The molecule has 1 unspecified atom stereocenters. The van der Waals surface area contributed by atoms with E-state index in [1.165, 1.54) is 4.57 Å². The second-order valence-corrected chi connectivity index (χ2v) is 6.24. The largest absolute Gasteiger partial charge is 0.329 e. The maximum Gasteiger partial charge on any atom is 0.329 e. The maximum absolute atomic E-state index is 12.7. The Kier molecular flexibility index (Phi) is 5.06. The molecule has 0 bridgehead atoms. The van der Waals surface area contributed by atoms with Crippen molar-refractivity contribution >= 4 is 27.5 Å². The van der Waals surface area contributed by atoms with Crippen LogP contribution in [0, 0.1) is 0 Å². The van der Waals surface area contributed by atoms with Crippen molar-refractivity contribution < 1.29 is 0 Å². The lowest BCUT2D eigenvalue weighted by atomic mass is 10.1. The molecule has 0 aliphatic heterocycles. The molecule has 4 nitrogen and oxygen atoms in total. The number of aromatic nitrogens is 2. The van der Waals surface area contributed by atoms with Gasteiger partial charge >= 0.3 is 5.69 Å². The highest BCUT2D eigenvalue weighted by atomic mass is 79.9. The molecule has 2 rings (SSSR count). The van der Waals surface area contributed by atoms with Crippen molar-refractivity contribution in [2.24, 2.45) is 0 Å². The second kappa shape index (κ2) is 6.62. The zero-order chi connectivity index (χ0) is 15.6. The smallest absolute Gasteiger partial charge is 0.297 e. The van der Waals surface area contributed by atoms with Crippen LogP contribution in [0.15, 0.2) is 38.3 Å². The summed E-state index contributed by atoms with van der Waals surface area (Å²) in [5, 5.41) is 0.0723. The van der Waals surface area contributed by atoms with Crippen molar-refractivity contribution in [1.82, 2.24) is 9.55 Å². The van der Waals surface area contributed by atoms with Crippen LogP contribution in [0.3, 0.4) is 0 Å². The number of nitrogens with zero attached hydrogens (tertiary/aromatic N) is 1. The molecule has 0 aliphatic rings. The predicted octanol–water partition coefficient (Wildman–Crippen LogP) is 3.98. The van der Waals surface area contributed by atoms with Gasteiger partial charge in [0.2, 0.25) is 0 Å². The SMILES string of the molecule is CCCC(C)n1c(=O)[nH]c(Cl)c(-c2cccc(Br)c2)c1=O. The average Bonchev–Trinajstić information content (AvgIpc) is 2.38. The Labute approximate surface area is 135 Å². The molecule has 0 fully saturated rings. The standard InChI is InChI=1S/C15H16BrClN2O2/c1-3-5-9(2)19-14(20)12(13(17)18-15(19)21)10-6-4-7-11(16)8-10/h4,6-9H,3,5H2,1-2H3,(H,18,21). The van der Waals surface area contributed by atoms with Gasteiger partial charge in [0.15, 0.2) is 0 Å². The third-order valence-corrected chi connectivity index (χ3v) is 4.12. The van der Waals surface area contributed by atoms with Gasteiger partial charge in [-0.05, 0) is 31.0 Å². The molecule has 2 aromatic rings. The highest BCUT2D eigenvalue weighted by molar-refractivity contribution is 9.10. The van der Waals surface area contributed by atoms with E-state index in [9.17, 15) is 9.59 Å². The molecule has 0 saturated carbocycles. The van der Waals surface area contributed by atoms with Gasteiger partial charge in [-0.15, -0.1) is 0 Å². The first-order chi connectivity index (χ1) is 9.95. The molecule has 0 amide bonds. The first kappa shape index (κ1) is 16.0. The summed E-state index contributed by atoms with van der Waals surface area (Å²) < 4.78 is 2.08. The van der Waals surface area contributed by atoms with Crippen molar-refractivity contribution in [1.29, 1.82) is 0 Å². The van der Waals surface area contributed by atoms with Gasteiger partial charge in [-0.25, -0.2) is 4.79 Å². The van der Waals surface area contributed by atoms with Crippen molar-refractivity contribution in [3.8, 4) is 11.1 Å². The number of hydrogen-bond donors (Lipinski definition) is 1. The molecule has 1 atom stereocenters. The van der Waals surface area contributed by atoms with Gasteiger partial charge in [-0.1, -0.05) is 53.0 Å². The third kappa shape index (κ3) is 3.30. The van der Waals surface area contributed by atoms with E-state index in [2.05, 4.69) is 20.9 Å². The van der Waals surface area contributed by atoms with E-state index in [-0.39, 0.29) is 16.8 Å². The van der Waals surface area contributed by atoms with Gasteiger partial charge in [0.05, 0.1) is 5.56 Å². The number of rotatable bonds is 4. The van der Waals surface area contributed by atoms with Crippen LogP contribution >= 0.6 is 27.5 Å². The number of hydrogen-bond acceptors (Lipinski definition) is 2. The molecule has 1 aromatic heterocycles. The first-order valence-corrected chi connectivity index (χ1v) is 7.93. The summed E-state index contributed by atoms with van der Waals surface area (Å²) in [5.74, 6) is 0. The topological polar surface area (TPSA) is 54.9 Å². The summed E-state index contributed by atoms with van der Waals surface area (Å²) in [6, 6.07) is 7.10. The number of benzene rings is 1. The fourth-order valence-electron chi connectivity index (χ4n) is 2.36. The molecule has 1 N–H and O–H groups in total. The number of nitrogens with one attached hydrogen (secondary N) is 1. The summed E-state index contributed by atoms with van der Waals surface area (Å²) in [5.41, 5.74) is 0.168. The highest BCUT2D eigenvalue weighted by Crippen LogP contribution is 2.25. The monoisotopic (exact) mass is 370 g/mol. The summed E-state index contributed by atoms with van der Waals surface area (Å²) >= 11 is 9.46. The Hall–Kier alpha value is -1.33. The average molecular weight is 372 g/mol. The van der Waals surface area contributed by atoms with E-state index < -0.39 is 5.69 Å². The maximum atomic E-state index is 12.7.